The summed E-state index contributed by atoms with van der Waals surface area (Å²) in [6.07, 6.45) is 6.15. The molecule has 2 atom stereocenters. The van der Waals surface area contributed by atoms with Gasteiger partial charge in [-0.25, -0.2) is 0 Å². The Balaban J connectivity index is 2.20. The second-order valence-corrected chi connectivity index (χ2v) is 7.60. The van der Waals surface area contributed by atoms with Crippen LogP contribution in [0.5, 0.6) is 0 Å². The summed E-state index contributed by atoms with van der Waals surface area (Å²) >= 11 is 6.46. The van der Waals surface area contributed by atoms with Crippen molar-refractivity contribution in [2.45, 2.75) is 65.8 Å². The zero-order valence-electron chi connectivity index (χ0n) is 14.2. The fraction of sp³-hybridized carbons (Fsp3) is 0.824. The maximum Gasteiger partial charge on any atom is 0.0847 e. The number of hydrogen-bond donors (Lipinski definition) is 1. The van der Waals surface area contributed by atoms with Gasteiger partial charge < -0.3 is 5.32 Å². The molecular formula is C17H30ClN3. The van der Waals surface area contributed by atoms with Crippen LogP contribution in [-0.2, 0) is 13.5 Å². The Morgan fingerprint density at radius 2 is 2.19 bits per heavy atom. The third-order valence-electron chi connectivity index (χ3n) is 5.16. The molecule has 0 radical (unpaired) electrons. The quantitative estimate of drug-likeness (QED) is 0.856. The predicted octanol–water partition coefficient (Wildman–Crippen LogP) is 4.12. The molecule has 1 fully saturated rings. The summed E-state index contributed by atoms with van der Waals surface area (Å²) in [5, 5.41) is 9.09. The van der Waals surface area contributed by atoms with Crippen LogP contribution in [0.25, 0.3) is 0 Å². The first-order chi connectivity index (χ1) is 9.86. The molecule has 0 amide bonds. The lowest BCUT2D eigenvalue weighted by Crippen LogP contribution is -2.43. The number of aromatic nitrogens is 2. The maximum atomic E-state index is 6.46. The lowest BCUT2D eigenvalue weighted by molar-refractivity contribution is 0.194. The fourth-order valence-electron chi connectivity index (χ4n) is 3.90. The molecule has 120 valence electrons. The van der Waals surface area contributed by atoms with Crippen molar-refractivity contribution in [1.82, 2.24) is 15.1 Å². The Labute approximate surface area is 134 Å². The summed E-state index contributed by atoms with van der Waals surface area (Å²) < 4.78 is 1.96. The van der Waals surface area contributed by atoms with Gasteiger partial charge in [0.05, 0.1) is 16.4 Å². The third-order valence-corrected chi connectivity index (χ3v) is 5.65. The molecule has 1 heterocycles. The van der Waals surface area contributed by atoms with Crippen molar-refractivity contribution in [2.75, 3.05) is 6.54 Å². The summed E-state index contributed by atoms with van der Waals surface area (Å²) in [5.74, 6) is 0.718. The van der Waals surface area contributed by atoms with Gasteiger partial charge in [0.25, 0.3) is 0 Å². The van der Waals surface area contributed by atoms with Crippen molar-refractivity contribution in [3.8, 4) is 0 Å². The molecule has 0 aromatic carbocycles. The molecule has 1 N–H and O–H groups in total. The first-order valence-corrected chi connectivity index (χ1v) is 8.66. The minimum Gasteiger partial charge on any atom is -0.313 e. The van der Waals surface area contributed by atoms with E-state index in [0.29, 0.717) is 11.5 Å². The van der Waals surface area contributed by atoms with Gasteiger partial charge in [-0.1, -0.05) is 38.8 Å². The Morgan fingerprint density at radius 1 is 1.48 bits per heavy atom. The minimum absolute atomic E-state index is 0.422. The normalized spacial score (nSPS) is 22.7. The topological polar surface area (TPSA) is 29.9 Å². The van der Waals surface area contributed by atoms with E-state index in [1.54, 1.807) is 0 Å². The van der Waals surface area contributed by atoms with Gasteiger partial charge in [-0.2, -0.15) is 5.10 Å². The van der Waals surface area contributed by atoms with Crippen molar-refractivity contribution >= 4 is 11.6 Å². The molecule has 1 aromatic heterocycles. The lowest BCUT2D eigenvalue weighted by atomic mass is 9.76. The average Bonchev–Trinajstić information content (AvgIpc) is 2.88. The summed E-state index contributed by atoms with van der Waals surface area (Å²) in [7, 11) is 2.00. The zero-order valence-corrected chi connectivity index (χ0v) is 14.9. The Bertz CT molecular complexity index is 479. The van der Waals surface area contributed by atoms with E-state index < -0.39 is 0 Å². The first kappa shape index (κ1) is 16.8. The van der Waals surface area contributed by atoms with Crippen LogP contribution in [-0.4, -0.2) is 22.4 Å². The second kappa shape index (κ2) is 6.70. The van der Waals surface area contributed by atoms with E-state index in [1.165, 1.54) is 31.4 Å². The molecule has 1 aromatic rings. The Kier molecular flexibility index (Phi) is 5.37. The second-order valence-electron chi connectivity index (χ2n) is 7.22. The molecule has 2 unspecified atom stereocenters. The zero-order chi connectivity index (χ0) is 15.6. The van der Waals surface area contributed by atoms with Crippen LogP contribution in [0.4, 0.5) is 0 Å². The number of nitrogens with one attached hydrogen (secondary N) is 1. The molecule has 21 heavy (non-hydrogen) atoms. The van der Waals surface area contributed by atoms with Gasteiger partial charge >= 0.3 is 0 Å². The van der Waals surface area contributed by atoms with Gasteiger partial charge in [-0.3, -0.25) is 4.68 Å². The molecule has 1 saturated carbocycles. The Morgan fingerprint density at radius 3 is 2.67 bits per heavy atom. The number of nitrogens with zero attached hydrogens (tertiary/aromatic N) is 2. The summed E-state index contributed by atoms with van der Waals surface area (Å²) in [4.78, 5) is 0. The van der Waals surface area contributed by atoms with Gasteiger partial charge in [-0.05, 0) is 44.1 Å². The first-order valence-electron chi connectivity index (χ1n) is 8.28. The highest BCUT2D eigenvalue weighted by Gasteiger charge is 2.39. The van der Waals surface area contributed by atoms with E-state index in [1.807, 2.05) is 18.7 Å². The molecule has 2 rings (SSSR count). The van der Waals surface area contributed by atoms with Crippen molar-refractivity contribution in [3.05, 3.63) is 16.4 Å². The predicted molar refractivity (Wildman–Crippen MR) is 89.9 cm³/mol. The number of aryl methyl sites for hydroxylation is 2. The third kappa shape index (κ3) is 3.62. The van der Waals surface area contributed by atoms with Crippen molar-refractivity contribution in [2.24, 2.45) is 18.4 Å². The van der Waals surface area contributed by atoms with Crippen molar-refractivity contribution in [1.29, 1.82) is 0 Å². The van der Waals surface area contributed by atoms with Gasteiger partial charge in [0, 0.05) is 19.5 Å². The lowest BCUT2D eigenvalue weighted by Gasteiger charge is -2.35. The van der Waals surface area contributed by atoms with Crippen molar-refractivity contribution < 1.29 is 0 Å². The molecule has 3 nitrogen and oxygen atoms in total. The molecule has 1 aliphatic rings. The number of rotatable bonds is 6. The van der Waals surface area contributed by atoms with Gasteiger partial charge in [0.2, 0.25) is 0 Å². The molecule has 0 aliphatic heterocycles. The maximum absolute atomic E-state index is 6.46. The van der Waals surface area contributed by atoms with E-state index >= 15 is 0 Å². The molecule has 0 spiro atoms. The average molecular weight is 312 g/mol. The molecule has 1 aliphatic carbocycles. The standard InChI is InChI=1S/C17H30ClN3/c1-6-10-19-14(13-8-7-9-17(13,3)4)11-15-16(18)12(2)20-21(15)5/h13-14,19H,6-11H2,1-5H3. The molecular weight excluding hydrogens is 282 g/mol. The summed E-state index contributed by atoms with van der Waals surface area (Å²) in [6.45, 7) is 10.1. The van der Waals surface area contributed by atoms with E-state index in [0.717, 1.165) is 29.6 Å². The monoisotopic (exact) mass is 311 g/mol. The van der Waals surface area contributed by atoms with Gasteiger partial charge in [0.15, 0.2) is 0 Å². The highest BCUT2D eigenvalue weighted by Crippen LogP contribution is 2.45. The van der Waals surface area contributed by atoms with Crippen LogP contribution in [0, 0.1) is 18.3 Å². The van der Waals surface area contributed by atoms with Crippen LogP contribution in [0.2, 0.25) is 5.02 Å². The summed E-state index contributed by atoms with van der Waals surface area (Å²) in [5.41, 5.74) is 2.53. The summed E-state index contributed by atoms with van der Waals surface area (Å²) in [6, 6.07) is 0.495. The van der Waals surface area contributed by atoms with Crippen molar-refractivity contribution in [3.63, 3.8) is 0 Å². The van der Waals surface area contributed by atoms with Crippen LogP contribution < -0.4 is 5.32 Å². The van der Waals surface area contributed by atoms with E-state index in [4.69, 9.17) is 11.6 Å². The Hall–Kier alpha value is -0.540. The van der Waals surface area contributed by atoms with Crippen LogP contribution in [0.15, 0.2) is 0 Å². The molecule has 4 heteroatoms. The highest BCUT2D eigenvalue weighted by molar-refractivity contribution is 6.31. The van der Waals surface area contributed by atoms with Crippen LogP contribution in [0.3, 0.4) is 0 Å². The number of halogens is 1. The molecule has 0 saturated heterocycles. The van der Waals surface area contributed by atoms with E-state index in [2.05, 4.69) is 31.2 Å². The minimum atomic E-state index is 0.422. The fourth-order valence-corrected chi connectivity index (χ4v) is 4.13. The van der Waals surface area contributed by atoms with Crippen LogP contribution in [0.1, 0.15) is 57.8 Å². The van der Waals surface area contributed by atoms with E-state index in [9.17, 15) is 0 Å². The SMILES string of the molecule is CCCNC(Cc1c(Cl)c(C)nn1C)C1CCCC1(C)C. The van der Waals surface area contributed by atoms with Gasteiger partial charge in [0.1, 0.15) is 0 Å². The van der Waals surface area contributed by atoms with Gasteiger partial charge in [-0.15, -0.1) is 0 Å². The van der Waals surface area contributed by atoms with E-state index in [-0.39, 0.29) is 0 Å². The van der Waals surface area contributed by atoms with Crippen LogP contribution >= 0.6 is 11.6 Å². The molecule has 0 bridgehead atoms. The largest absolute Gasteiger partial charge is 0.313 e. The smallest absolute Gasteiger partial charge is 0.0847 e. The number of hydrogen-bond acceptors (Lipinski definition) is 2. The highest BCUT2D eigenvalue weighted by atomic mass is 35.5.